The minimum Gasteiger partial charge on any atom is -0.384 e. The molecule has 0 aliphatic carbocycles. The molecule has 7 heteroatoms. The van der Waals surface area contributed by atoms with Crippen LogP contribution in [-0.2, 0) is 11.2 Å². The van der Waals surface area contributed by atoms with Crippen molar-refractivity contribution in [2.45, 2.75) is 27.2 Å². The van der Waals surface area contributed by atoms with Crippen LogP contribution in [0.2, 0.25) is 0 Å². The molecule has 0 saturated carbocycles. The number of aromatic nitrogens is 4. The predicted octanol–water partition coefficient (Wildman–Crippen LogP) is 4.54. The smallest absolute Gasteiger partial charge is 0.261 e. The van der Waals surface area contributed by atoms with E-state index in [0.717, 1.165) is 33.6 Å². The number of pyridine rings is 2. The van der Waals surface area contributed by atoms with Crippen LogP contribution in [0.25, 0.3) is 22.5 Å². The van der Waals surface area contributed by atoms with Crippen LogP contribution in [-0.4, -0.2) is 33.8 Å². The van der Waals surface area contributed by atoms with Crippen molar-refractivity contribution in [1.29, 1.82) is 0 Å². The summed E-state index contributed by atoms with van der Waals surface area (Å²) in [4.78, 5) is 13.6. The van der Waals surface area contributed by atoms with Gasteiger partial charge < -0.3 is 14.6 Å². The van der Waals surface area contributed by atoms with Gasteiger partial charge in [-0.2, -0.15) is 4.98 Å². The zero-order chi connectivity index (χ0) is 20.4. The Balaban J connectivity index is 1.84. The van der Waals surface area contributed by atoms with E-state index in [4.69, 9.17) is 9.26 Å². The summed E-state index contributed by atoms with van der Waals surface area (Å²) in [7, 11) is 1.65. The highest BCUT2D eigenvalue weighted by molar-refractivity contribution is 5.98. The Morgan fingerprint density at radius 3 is 2.72 bits per heavy atom. The number of methoxy groups -OCH3 is 1. The topological polar surface area (TPSA) is 86.0 Å². The molecule has 1 aromatic carbocycles. The number of anilines is 2. The normalized spacial score (nSPS) is 11.2. The number of benzene rings is 1. The summed E-state index contributed by atoms with van der Waals surface area (Å²) in [6.45, 7) is 6.64. The van der Waals surface area contributed by atoms with E-state index in [1.165, 1.54) is 5.56 Å². The number of nitrogens with zero attached hydrogens (tertiary/aromatic N) is 4. The first-order chi connectivity index (χ1) is 14.0. The van der Waals surface area contributed by atoms with Crippen molar-refractivity contribution in [3.8, 4) is 11.5 Å². The molecule has 0 amide bonds. The van der Waals surface area contributed by atoms with Crippen LogP contribution in [0.15, 0.2) is 41.1 Å². The van der Waals surface area contributed by atoms with Gasteiger partial charge in [-0.3, -0.25) is 0 Å². The zero-order valence-electron chi connectivity index (χ0n) is 17.0. The van der Waals surface area contributed by atoms with Gasteiger partial charge in [0.2, 0.25) is 0 Å². The van der Waals surface area contributed by atoms with Crippen LogP contribution in [0.3, 0.4) is 0 Å². The van der Waals surface area contributed by atoms with Crippen LogP contribution in [0, 0.1) is 20.8 Å². The summed E-state index contributed by atoms with van der Waals surface area (Å²) in [6.07, 6.45) is 2.32. The van der Waals surface area contributed by atoms with Gasteiger partial charge in [-0.25, -0.2) is 9.97 Å². The first kappa shape index (κ1) is 19.0. The molecule has 4 aromatic rings. The second kappa shape index (κ2) is 7.97. The molecular weight excluding hydrogens is 366 g/mol. The number of ether oxygens (including phenoxy) is 1. The van der Waals surface area contributed by atoms with Crippen molar-refractivity contribution in [2.24, 2.45) is 0 Å². The zero-order valence-corrected chi connectivity index (χ0v) is 17.0. The van der Waals surface area contributed by atoms with E-state index >= 15 is 0 Å². The molecule has 148 valence electrons. The van der Waals surface area contributed by atoms with Gasteiger partial charge in [-0.1, -0.05) is 22.9 Å². The second-order valence-electron chi connectivity index (χ2n) is 7.07. The Kier molecular flexibility index (Phi) is 5.22. The monoisotopic (exact) mass is 389 g/mol. The largest absolute Gasteiger partial charge is 0.384 e. The Labute approximate surface area is 169 Å². The minimum atomic E-state index is 0.415. The fraction of sp³-hybridized carbons (Fsp3) is 0.273. The lowest BCUT2D eigenvalue weighted by Gasteiger charge is -2.15. The van der Waals surface area contributed by atoms with Crippen LogP contribution in [0.4, 0.5) is 11.4 Å². The van der Waals surface area contributed by atoms with Gasteiger partial charge in [-0.15, -0.1) is 0 Å². The second-order valence-corrected chi connectivity index (χ2v) is 7.07. The van der Waals surface area contributed by atoms with Gasteiger partial charge in [0.05, 0.1) is 17.9 Å². The number of hydrogen-bond donors (Lipinski definition) is 1. The van der Waals surface area contributed by atoms with Gasteiger partial charge in [-0.05, 0) is 44.5 Å². The SMILES string of the molecule is COCCc1noc(-c2cnc3nc(C)ccc3c2Nc2ccc(C)cc2C)n1. The molecule has 3 aromatic heterocycles. The number of aryl methyl sites for hydroxylation is 3. The molecule has 0 radical (unpaired) electrons. The molecule has 0 bridgehead atoms. The predicted molar refractivity (Wildman–Crippen MR) is 112 cm³/mol. The van der Waals surface area contributed by atoms with Crippen LogP contribution >= 0.6 is 0 Å². The summed E-state index contributed by atoms with van der Waals surface area (Å²) in [5.41, 5.74) is 6.52. The fourth-order valence-corrected chi connectivity index (χ4v) is 3.22. The van der Waals surface area contributed by atoms with Crippen molar-refractivity contribution < 1.29 is 9.26 Å². The highest BCUT2D eigenvalue weighted by atomic mass is 16.5. The molecule has 0 atom stereocenters. The standard InChI is InChI=1S/C22H23N5O2/c1-13-5-8-18(14(2)11-13)25-20-16-7-6-15(3)24-21(16)23-12-17(20)22-26-19(27-29-22)9-10-28-4/h5-8,11-12H,9-10H2,1-4H3,(H,23,24,25). The Hall–Kier alpha value is -3.32. The lowest BCUT2D eigenvalue weighted by molar-refractivity contribution is 0.199. The Bertz CT molecular complexity index is 1170. The molecular formula is C22H23N5O2. The minimum absolute atomic E-state index is 0.415. The third kappa shape index (κ3) is 3.95. The van der Waals surface area contributed by atoms with Crippen LogP contribution in [0.1, 0.15) is 22.6 Å². The van der Waals surface area contributed by atoms with E-state index in [-0.39, 0.29) is 0 Å². The maximum Gasteiger partial charge on any atom is 0.261 e. The van der Waals surface area contributed by atoms with Crippen molar-refractivity contribution in [3.63, 3.8) is 0 Å². The highest BCUT2D eigenvalue weighted by Gasteiger charge is 2.18. The molecule has 4 rings (SSSR count). The first-order valence-corrected chi connectivity index (χ1v) is 9.47. The molecule has 29 heavy (non-hydrogen) atoms. The van der Waals surface area contributed by atoms with Crippen molar-refractivity contribution in [3.05, 3.63) is 59.2 Å². The van der Waals surface area contributed by atoms with Crippen molar-refractivity contribution in [2.75, 3.05) is 19.0 Å². The van der Waals surface area contributed by atoms with E-state index in [0.29, 0.717) is 30.4 Å². The number of rotatable bonds is 6. The molecule has 0 saturated heterocycles. The fourth-order valence-electron chi connectivity index (χ4n) is 3.22. The summed E-state index contributed by atoms with van der Waals surface area (Å²) in [5, 5.41) is 8.51. The molecule has 0 aliphatic rings. The Morgan fingerprint density at radius 1 is 1.07 bits per heavy atom. The van der Waals surface area contributed by atoms with E-state index in [2.05, 4.69) is 57.5 Å². The molecule has 0 aliphatic heterocycles. The third-order valence-electron chi connectivity index (χ3n) is 4.74. The average molecular weight is 389 g/mol. The number of hydrogen-bond acceptors (Lipinski definition) is 7. The number of nitrogens with one attached hydrogen (secondary N) is 1. The Morgan fingerprint density at radius 2 is 1.93 bits per heavy atom. The first-order valence-electron chi connectivity index (χ1n) is 9.47. The van der Waals surface area contributed by atoms with E-state index in [1.807, 2.05) is 19.1 Å². The van der Waals surface area contributed by atoms with E-state index in [9.17, 15) is 0 Å². The number of fused-ring (bicyclic) bond motifs is 1. The maximum absolute atomic E-state index is 5.53. The molecule has 0 spiro atoms. The maximum atomic E-state index is 5.53. The lowest BCUT2D eigenvalue weighted by Crippen LogP contribution is -2.00. The van der Waals surface area contributed by atoms with Crippen molar-refractivity contribution >= 4 is 22.4 Å². The molecule has 0 fully saturated rings. The third-order valence-corrected chi connectivity index (χ3v) is 4.74. The molecule has 7 nitrogen and oxygen atoms in total. The quantitative estimate of drug-likeness (QED) is 0.518. The molecule has 3 heterocycles. The van der Waals surface area contributed by atoms with Gasteiger partial charge in [0.15, 0.2) is 11.5 Å². The summed E-state index contributed by atoms with van der Waals surface area (Å²) >= 11 is 0. The van der Waals surface area contributed by atoms with E-state index in [1.54, 1.807) is 13.3 Å². The lowest BCUT2D eigenvalue weighted by atomic mass is 10.1. The van der Waals surface area contributed by atoms with Gasteiger partial charge in [0, 0.05) is 36.5 Å². The van der Waals surface area contributed by atoms with Gasteiger partial charge in [0.1, 0.15) is 0 Å². The highest BCUT2D eigenvalue weighted by Crippen LogP contribution is 2.35. The summed E-state index contributed by atoms with van der Waals surface area (Å²) in [5.74, 6) is 1.01. The summed E-state index contributed by atoms with van der Waals surface area (Å²) < 4.78 is 10.6. The van der Waals surface area contributed by atoms with Crippen LogP contribution < -0.4 is 5.32 Å². The van der Waals surface area contributed by atoms with Crippen LogP contribution in [0.5, 0.6) is 0 Å². The summed E-state index contributed by atoms with van der Waals surface area (Å²) in [6, 6.07) is 10.3. The average Bonchev–Trinajstić information content (AvgIpc) is 3.17. The molecule has 1 N–H and O–H groups in total. The van der Waals surface area contributed by atoms with Gasteiger partial charge in [0.25, 0.3) is 5.89 Å². The van der Waals surface area contributed by atoms with Crippen molar-refractivity contribution in [1.82, 2.24) is 20.1 Å². The molecule has 0 unspecified atom stereocenters. The van der Waals surface area contributed by atoms with E-state index < -0.39 is 0 Å². The van der Waals surface area contributed by atoms with Gasteiger partial charge >= 0.3 is 0 Å².